The molecule has 11 nitrogen and oxygen atoms in total. The van der Waals surface area contributed by atoms with Crippen LogP contribution in [-0.4, -0.2) is 64.1 Å². The van der Waals surface area contributed by atoms with Gasteiger partial charge in [-0.05, 0) is 60.0 Å². The van der Waals surface area contributed by atoms with Crippen LogP contribution >= 0.6 is 11.8 Å². The summed E-state index contributed by atoms with van der Waals surface area (Å²) < 4.78 is 79.6. The second-order valence-corrected chi connectivity index (χ2v) is 11.4. The monoisotopic (exact) mass is 690 g/mol. The molecule has 3 amide bonds. The SMILES string of the molecule is COc1ccc(C(C)C)c(N2C(=O)CSC2=NC(=O)Nc2ccc(-c3ncn(-c4ccc(OC(F)(F)C(F)(F)F)cc4)n3)cc2OC)c1. The predicted molar refractivity (Wildman–Crippen MR) is 168 cm³/mol. The highest BCUT2D eigenvalue weighted by Crippen LogP contribution is 2.38. The zero-order valence-electron chi connectivity index (χ0n) is 25.7. The molecule has 0 saturated carbocycles. The van der Waals surface area contributed by atoms with Crippen LogP contribution in [-0.2, 0) is 4.79 Å². The summed E-state index contributed by atoms with van der Waals surface area (Å²) in [6, 6.07) is 13.7. The lowest BCUT2D eigenvalue weighted by Gasteiger charge is -2.22. The van der Waals surface area contributed by atoms with Gasteiger partial charge in [0.2, 0.25) is 5.91 Å². The van der Waals surface area contributed by atoms with E-state index in [9.17, 15) is 31.5 Å². The molecule has 0 bridgehead atoms. The number of hydrogen-bond acceptors (Lipinski definition) is 8. The zero-order valence-corrected chi connectivity index (χ0v) is 26.5. The highest BCUT2D eigenvalue weighted by atomic mass is 32.2. The Hall–Kier alpha value is -5.19. The first-order chi connectivity index (χ1) is 22.7. The van der Waals surface area contributed by atoms with Crippen LogP contribution in [0, 0.1) is 0 Å². The molecule has 1 N–H and O–H groups in total. The number of amides is 3. The Morgan fingerprint density at radius 3 is 2.33 bits per heavy atom. The van der Waals surface area contributed by atoms with Gasteiger partial charge in [0.05, 0.1) is 37.0 Å². The van der Waals surface area contributed by atoms with Crippen molar-refractivity contribution >= 4 is 40.2 Å². The van der Waals surface area contributed by atoms with Crippen LogP contribution < -0.4 is 24.4 Å². The van der Waals surface area contributed by atoms with Crippen molar-refractivity contribution in [2.45, 2.75) is 32.1 Å². The van der Waals surface area contributed by atoms with Crippen molar-refractivity contribution in [1.29, 1.82) is 0 Å². The van der Waals surface area contributed by atoms with Crippen molar-refractivity contribution in [1.82, 2.24) is 14.8 Å². The third-order valence-electron chi connectivity index (χ3n) is 6.93. The topological polar surface area (TPSA) is 120 Å². The van der Waals surface area contributed by atoms with Gasteiger partial charge in [0.1, 0.15) is 23.6 Å². The predicted octanol–water partition coefficient (Wildman–Crippen LogP) is 7.28. The number of anilines is 2. The van der Waals surface area contributed by atoms with Gasteiger partial charge in [-0.2, -0.15) is 26.9 Å². The van der Waals surface area contributed by atoms with E-state index in [0.29, 0.717) is 22.7 Å². The second-order valence-electron chi connectivity index (χ2n) is 10.5. The van der Waals surface area contributed by atoms with Crippen molar-refractivity contribution in [3.05, 3.63) is 72.6 Å². The number of rotatable bonds is 9. The van der Waals surface area contributed by atoms with Gasteiger partial charge in [0, 0.05) is 11.6 Å². The Bertz CT molecular complexity index is 1860. The minimum absolute atomic E-state index is 0.0747. The quantitative estimate of drug-likeness (QED) is 0.182. The summed E-state index contributed by atoms with van der Waals surface area (Å²) >= 11 is 1.13. The van der Waals surface area contributed by atoms with Crippen molar-refractivity contribution < 1.29 is 45.8 Å². The molecule has 1 fully saturated rings. The van der Waals surface area contributed by atoms with Crippen LogP contribution in [0.3, 0.4) is 0 Å². The van der Waals surface area contributed by atoms with Crippen LogP contribution in [0.1, 0.15) is 25.3 Å². The van der Waals surface area contributed by atoms with Gasteiger partial charge in [0.15, 0.2) is 11.0 Å². The number of hydrogen-bond donors (Lipinski definition) is 1. The zero-order chi connectivity index (χ0) is 34.8. The highest BCUT2D eigenvalue weighted by molar-refractivity contribution is 8.15. The van der Waals surface area contributed by atoms with E-state index >= 15 is 0 Å². The fraction of sp³-hybridized carbons (Fsp3) is 0.258. The molecule has 0 spiro atoms. The Morgan fingerprint density at radius 1 is 0.979 bits per heavy atom. The number of carbonyl (C=O) groups excluding carboxylic acids is 2. The molecule has 0 radical (unpaired) electrons. The lowest BCUT2D eigenvalue weighted by molar-refractivity contribution is -0.360. The lowest BCUT2D eigenvalue weighted by atomic mass is 10.00. The van der Waals surface area contributed by atoms with Gasteiger partial charge >= 0.3 is 18.3 Å². The average Bonchev–Trinajstić information content (AvgIpc) is 3.67. The van der Waals surface area contributed by atoms with E-state index in [-0.39, 0.29) is 40.0 Å². The van der Waals surface area contributed by atoms with Gasteiger partial charge in [-0.1, -0.05) is 31.7 Å². The smallest absolute Gasteiger partial charge is 0.497 e. The minimum Gasteiger partial charge on any atom is -0.497 e. The Kier molecular flexibility index (Phi) is 9.61. The second kappa shape index (κ2) is 13.5. The number of thioether (sulfide) groups is 1. The van der Waals surface area contributed by atoms with Crippen LogP contribution in [0.15, 0.2) is 72.0 Å². The molecular formula is C31H27F5N6O5S. The molecule has 1 aliphatic heterocycles. The number of nitrogens with zero attached hydrogens (tertiary/aromatic N) is 5. The molecule has 1 saturated heterocycles. The number of benzene rings is 3. The van der Waals surface area contributed by atoms with Gasteiger partial charge in [-0.3, -0.25) is 9.69 Å². The number of alkyl halides is 5. The first kappa shape index (κ1) is 34.2. The molecule has 48 heavy (non-hydrogen) atoms. The van der Waals surface area contributed by atoms with Gasteiger partial charge in [0.25, 0.3) is 0 Å². The molecule has 4 aromatic rings. The third-order valence-corrected chi connectivity index (χ3v) is 7.86. The van der Waals surface area contributed by atoms with Crippen molar-refractivity contribution in [3.8, 4) is 34.3 Å². The Labute approximate surface area is 274 Å². The van der Waals surface area contributed by atoms with E-state index in [4.69, 9.17) is 9.47 Å². The maximum absolute atomic E-state index is 13.2. The summed E-state index contributed by atoms with van der Waals surface area (Å²) in [7, 11) is 2.91. The molecule has 1 aliphatic rings. The van der Waals surface area contributed by atoms with E-state index in [1.165, 1.54) is 42.3 Å². The minimum atomic E-state index is -5.87. The Morgan fingerprint density at radius 2 is 1.69 bits per heavy atom. The molecule has 1 aromatic heterocycles. The number of halogens is 5. The fourth-order valence-electron chi connectivity index (χ4n) is 4.57. The van der Waals surface area contributed by atoms with Gasteiger partial charge in [-0.25, -0.2) is 14.5 Å². The number of amidine groups is 1. The molecule has 5 rings (SSSR count). The molecular weight excluding hydrogens is 663 g/mol. The molecule has 252 valence electrons. The normalized spacial score (nSPS) is 14.5. The van der Waals surface area contributed by atoms with Gasteiger partial charge < -0.3 is 19.5 Å². The average molecular weight is 691 g/mol. The number of ether oxygens (including phenoxy) is 3. The number of methoxy groups -OCH3 is 2. The summed E-state index contributed by atoms with van der Waals surface area (Å²) in [4.78, 5) is 35.8. The lowest BCUT2D eigenvalue weighted by Crippen LogP contribution is -2.41. The largest absolute Gasteiger partial charge is 0.499 e. The summed E-state index contributed by atoms with van der Waals surface area (Å²) in [5, 5.41) is 7.19. The molecule has 2 heterocycles. The maximum atomic E-state index is 13.2. The molecule has 17 heteroatoms. The summed E-state index contributed by atoms with van der Waals surface area (Å²) in [6.45, 7) is 3.98. The molecule has 0 unspecified atom stereocenters. The number of nitrogens with one attached hydrogen (secondary N) is 1. The van der Waals surface area contributed by atoms with E-state index < -0.39 is 24.1 Å². The Balaban J connectivity index is 1.32. The first-order valence-electron chi connectivity index (χ1n) is 14.1. The van der Waals surface area contributed by atoms with Crippen LogP contribution in [0.5, 0.6) is 17.2 Å². The summed E-state index contributed by atoms with van der Waals surface area (Å²) in [5.41, 5.74) is 2.50. The fourth-order valence-corrected chi connectivity index (χ4v) is 5.43. The van der Waals surface area contributed by atoms with E-state index in [1.807, 2.05) is 19.9 Å². The highest BCUT2D eigenvalue weighted by Gasteiger charge is 2.61. The third kappa shape index (κ3) is 7.20. The van der Waals surface area contributed by atoms with Crippen LogP contribution in [0.4, 0.5) is 38.1 Å². The van der Waals surface area contributed by atoms with E-state index in [1.54, 1.807) is 30.3 Å². The molecule has 0 aliphatic carbocycles. The summed E-state index contributed by atoms with van der Waals surface area (Å²) in [5.74, 6) is 0.253. The van der Waals surface area contributed by atoms with Crippen LogP contribution in [0.2, 0.25) is 0 Å². The first-order valence-corrected chi connectivity index (χ1v) is 15.1. The van der Waals surface area contributed by atoms with E-state index in [0.717, 1.165) is 29.5 Å². The number of urea groups is 1. The van der Waals surface area contributed by atoms with Crippen molar-refractivity contribution in [2.24, 2.45) is 4.99 Å². The van der Waals surface area contributed by atoms with E-state index in [2.05, 4.69) is 25.1 Å². The number of carbonyl (C=O) groups is 2. The summed E-state index contributed by atoms with van der Waals surface area (Å²) in [6.07, 6.45) is -9.91. The van der Waals surface area contributed by atoms with Gasteiger partial charge in [-0.15, -0.1) is 5.10 Å². The van der Waals surface area contributed by atoms with Crippen molar-refractivity contribution in [2.75, 3.05) is 30.2 Å². The number of aromatic nitrogens is 3. The van der Waals surface area contributed by atoms with Crippen LogP contribution in [0.25, 0.3) is 17.1 Å². The van der Waals surface area contributed by atoms with Crippen molar-refractivity contribution in [3.63, 3.8) is 0 Å². The molecule has 3 aromatic carbocycles. The maximum Gasteiger partial charge on any atom is 0.499 e. The standard InChI is InChI=1S/C31H27F5N6O5S/c1-17(2)22-11-10-21(45-3)14-24(22)42-26(43)15-48-29(42)39-28(44)38-23-12-5-18(13-25(23)46-4)27-37-16-41(40-27)19-6-8-20(9-7-19)47-31(35,36)30(32,33)34/h5-14,16-17H,15H2,1-4H3,(H,38,44). The number of aliphatic imine (C=N–C) groups is 1. The molecule has 0 atom stereocenters.